The molecule has 1 aromatic rings. The van der Waals surface area contributed by atoms with Crippen molar-refractivity contribution in [2.75, 3.05) is 27.2 Å². The molecular weight excluding hydrogens is 759 g/mol. The normalized spacial score (nSPS) is 23.2. The summed E-state index contributed by atoms with van der Waals surface area (Å²) in [6.45, 7) is 5.15. The van der Waals surface area contributed by atoms with Crippen molar-refractivity contribution in [3.8, 4) is 0 Å². The molecule has 3 aliphatic carbocycles. The van der Waals surface area contributed by atoms with E-state index in [4.69, 9.17) is 0 Å². The molecule has 14 nitrogen and oxygen atoms in total. The van der Waals surface area contributed by atoms with E-state index >= 15 is 0 Å². The molecule has 6 atom stereocenters. The van der Waals surface area contributed by atoms with Gasteiger partial charge in [-0.1, -0.05) is 82.7 Å². The van der Waals surface area contributed by atoms with E-state index in [2.05, 4.69) is 21.3 Å². The fourth-order valence-corrected chi connectivity index (χ4v) is 8.73. The number of benzene rings is 1. The third-order valence-corrected chi connectivity index (χ3v) is 12.8. The zero-order valence-electron chi connectivity index (χ0n) is 34.2. The second-order valence-corrected chi connectivity index (χ2v) is 17.8. The van der Waals surface area contributed by atoms with Crippen molar-refractivity contribution in [3.05, 3.63) is 35.9 Å². The Kier molecular flexibility index (Phi) is 13.5. The molecular formula is C41H58F3N7O7. The van der Waals surface area contributed by atoms with Crippen LogP contribution in [0.15, 0.2) is 30.3 Å². The minimum absolute atomic E-state index is 0.0554. The van der Waals surface area contributed by atoms with Crippen LogP contribution in [-0.4, -0.2) is 108 Å². The molecule has 5 rings (SSSR count). The topological polar surface area (TPSA) is 186 Å². The summed E-state index contributed by atoms with van der Waals surface area (Å²) in [7, 11) is 3.08. The van der Waals surface area contributed by atoms with E-state index in [0.29, 0.717) is 18.4 Å². The van der Waals surface area contributed by atoms with Gasteiger partial charge in [0.2, 0.25) is 29.4 Å². The van der Waals surface area contributed by atoms with Gasteiger partial charge >= 0.3 is 12.2 Å². The third kappa shape index (κ3) is 9.93. The van der Waals surface area contributed by atoms with Crippen molar-refractivity contribution in [2.45, 2.75) is 121 Å². The van der Waals surface area contributed by atoms with E-state index in [1.165, 1.54) is 9.80 Å². The average Bonchev–Trinajstić information content (AvgIpc) is 3.45. The Labute approximate surface area is 337 Å². The summed E-state index contributed by atoms with van der Waals surface area (Å²) in [4.78, 5) is 97.5. The van der Waals surface area contributed by atoms with Crippen molar-refractivity contribution < 1.29 is 46.7 Å². The number of carbonyl (C=O) groups excluding carboxylic acids is 7. The monoisotopic (exact) mass is 817 g/mol. The van der Waals surface area contributed by atoms with Crippen LogP contribution in [0.5, 0.6) is 0 Å². The lowest BCUT2D eigenvalue weighted by Crippen LogP contribution is -2.63. The summed E-state index contributed by atoms with van der Waals surface area (Å²) in [5, 5.41) is 12.2. The molecule has 7 amide bonds. The lowest BCUT2D eigenvalue weighted by atomic mass is 9.80. The van der Waals surface area contributed by atoms with E-state index in [0.717, 1.165) is 52.4 Å². The number of hydrogen-bond donors (Lipinski definition) is 5. The van der Waals surface area contributed by atoms with Gasteiger partial charge in [-0.3, -0.25) is 28.8 Å². The maximum absolute atomic E-state index is 14.5. The highest BCUT2D eigenvalue weighted by atomic mass is 19.4. The quantitative estimate of drug-likeness (QED) is 0.168. The number of urea groups is 1. The van der Waals surface area contributed by atoms with Gasteiger partial charge in [0.05, 0.1) is 12.6 Å². The van der Waals surface area contributed by atoms with Gasteiger partial charge in [-0.2, -0.15) is 13.2 Å². The number of piperidine rings is 1. The number of nitrogens with zero attached hydrogens (tertiary/aromatic N) is 2. The SMILES string of the molecule is CN(C)C(=O)[C@@H](NC(=O)CNC(=O)C(=O)C(CC1CCC1)NC(=O)[C@@H]1[C@@H]2[C@H](CN1C(=O)[C@@H](NC(=O)NC(C)(C)C(F)(F)F)C1CCCCC1)C2(C)C)c1ccccc1. The van der Waals surface area contributed by atoms with Crippen molar-refractivity contribution in [3.63, 3.8) is 0 Å². The van der Waals surface area contributed by atoms with Crippen LogP contribution in [0.3, 0.4) is 0 Å². The van der Waals surface area contributed by atoms with Gasteiger partial charge in [0, 0.05) is 20.6 Å². The summed E-state index contributed by atoms with van der Waals surface area (Å²) < 4.78 is 41.0. The highest BCUT2D eigenvalue weighted by molar-refractivity contribution is 6.38. The van der Waals surface area contributed by atoms with Crippen LogP contribution >= 0.6 is 0 Å². The first kappa shape index (κ1) is 44.4. The van der Waals surface area contributed by atoms with Gasteiger partial charge in [0.25, 0.3) is 5.91 Å². The number of rotatable bonds is 15. The fraction of sp³-hybridized carbons (Fsp3) is 0.683. The molecule has 1 saturated heterocycles. The minimum Gasteiger partial charge on any atom is -0.347 e. The van der Waals surface area contributed by atoms with Gasteiger partial charge in [0.1, 0.15) is 23.7 Å². The largest absolute Gasteiger partial charge is 0.411 e. The molecule has 5 N–H and O–H groups in total. The molecule has 0 spiro atoms. The van der Waals surface area contributed by atoms with Crippen LogP contribution in [0, 0.1) is 29.1 Å². The third-order valence-electron chi connectivity index (χ3n) is 12.8. The molecule has 58 heavy (non-hydrogen) atoms. The second kappa shape index (κ2) is 17.7. The number of carbonyl (C=O) groups is 7. The fourth-order valence-electron chi connectivity index (χ4n) is 8.73. The number of halogens is 3. The van der Waals surface area contributed by atoms with E-state index in [1.54, 1.807) is 44.4 Å². The summed E-state index contributed by atoms with van der Waals surface area (Å²) in [5.74, 6) is -5.12. The van der Waals surface area contributed by atoms with Gasteiger partial charge in [-0.05, 0) is 67.8 Å². The zero-order valence-corrected chi connectivity index (χ0v) is 34.2. The highest BCUT2D eigenvalue weighted by Gasteiger charge is 2.70. The highest BCUT2D eigenvalue weighted by Crippen LogP contribution is 2.65. The molecule has 1 aliphatic heterocycles. The van der Waals surface area contributed by atoms with Gasteiger partial charge < -0.3 is 36.4 Å². The maximum Gasteiger partial charge on any atom is 0.411 e. The predicted octanol–water partition coefficient (Wildman–Crippen LogP) is 3.36. The van der Waals surface area contributed by atoms with Gasteiger partial charge in [-0.25, -0.2) is 4.79 Å². The lowest BCUT2D eigenvalue weighted by molar-refractivity contribution is -0.182. The number of alkyl halides is 3. The Morgan fingerprint density at radius 3 is 2.09 bits per heavy atom. The maximum atomic E-state index is 14.5. The smallest absolute Gasteiger partial charge is 0.347 e. The van der Waals surface area contributed by atoms with Crippen LogP contribution in [-0.2, 0) is 28.8 Å². The zero-order chi connectivity index (χ0) is 42.7. The Bertz CT molecular complexity index is 1730. The number of nitrogens with one attached hydrogen (secondary N) is 5. The number of ketones is 1. The molecule has 0 bridgehead atoms. The van der Waals surface area contributed by atoms with Crippen molar-refractivity contribution >= 4 is 41.4 Å². The number of amides is 7. The van der Waals surface area contributed by atoms with E-state index in [-0.39, 0.29) is 42.1 Å². The Morgan fingerprint density at radius 1 is 0.879 bits per heavy atom. The van der Waals surface area contributed by atoms with Crippen LogP contribution in [0.4, 0.5) is 18.0 Å². The van der Waals surface area contributed by atoms with Crippen LogP contribution in [0.25, 0.3) is 0 Å². The Morgan fingerprint density at radius 2 is 1.52 bits per heavy atom. The summed E-state index contributed by atoms with van der Waals surface area (Å²) in [5.41, 5.74) is -2.40. The van der Waals surface area contributed by atoms with E-state index in [9.17, 15) is 46.7 Å². The standard InChI is InChI=1S/C41H58F3N7O7/c1-39(2)26-22-51(37(57)31(25-18-11-8-12-19-25)48-38(58)49-40(3,4)41(42,43)44)32(29(26)39)34(54)46-27(20-23-14-13-15-23)33(53)35(55)45-21-28(52)47-30(36(56)50(5)6)24-16-9-7-10-17-24/h7,9-10,16-17,23,25-27,29-32H,8,11-15,18-22H2,1-6H3,(H,45,55)(H,46,54)(H,47,52)(H2,48,49,58)/t26-,27?,29-,30-,31-,32-/m0/s1. The molecule has 0 aromatic heterocycles. The first-order valence-electron chi connectivity index (χ1n) is 20.3. The van der Waals surface area contributed by atoms with Crippen LogP contribution < -0.4 is 26.6 Å². The van der Waals surface area contributed by atoms with Crippen molar-refractivity contribution in [2.24, 2.45) is 29.1 Å². The first-order chi connectivity index (χ1) is 27.1. The van der Waals surface area contributed by atoms with E-state index in [1.807, 2.05) is 19.2 Å². The van der Waals surface area contributed by atoms with Gasteiger partial charge in [-0.15, -0.1) is 0 Å². The number of Topliss-reactive ketones (excluding diaryl/α,β-unsaturated/α-hetero) is 1. The van der Waals surface area contributed by atoms with E-state index < -0.39 is 83.8 Å². The van der Waals surface area contributed by atoms with Crippen molar-refractivity contribution in [1.82, 2.24) is 36.4 Å². The minimum atomic E-state index is -4.76. The average molecular weight is 818 g/mol. The first-order valence-corrected chi connectivity index (χ1v) is 20.3. The Hall–Kier alpha value is -4.70. The molecule has 4 aliphatic rings. The molecule has 17 heteroatoms. The Balaban J connectivity index is 1.30. The molecule has 0 radical (unpaired) electrons. The van der Waals surface area contributed by atoms with Crippen LogP contribution in [0.1, 0.15) is 97.1 Å². The second-order valence-electron chi connectivity index (χ2n) is 17.8. The molecule has 3 saturated carbocycles. The van der Waals surface area contributed by atoms with Crippen molar-refractivity contribution in [1.29, 1.82) is 0 Å². The van der Waals surface area contributed by atoms with Gasteiger partial charge in [0.15, 0.2) is 0 Å². The number of hydrogen-bond acceptors (Lipinski definition) is 7. The molecule has 4 fully saturated rings. The molecule has 1 heterocycles. The number of fused-ring (bicyclic) bond motifs is 1. The summed E-state index contributed by atoms with van der Waals surface area (Å²) in [6, 6.07) is 2.82. The predicted molar refractivity (Wildman–Crippen MR) is 206 cm³/mol. The molecule has 1 aromatic carbocycles. The lowest BCUT2D eigenvalue weighted by Gasteiger charge is -2.38. The summed E-state index contributed by atoms with van der Waals surface area (Å²) in [6.07, 6.45) is 1.48. The van der Waals surface area contributed by atoms with Crippen LogP contribution in [0.2, 0.25) is 0 Å². The number of likely N-dealkylation sites (tertiary alicyclic amines) is 1. The number of likely N-dealkylation sites (N-methyl/N-ethyl adjacent to an activating group) is 1. The molecule has 320 valence electrons. The summed E-state index contributed by atoms with van der Waals surface area (Å²) >= 11 is 0. The molecule has 1 unspecified atom stereocenters.